The van der Waals surface area contributed by atoms with Crippen LogP contribution in [0.3, 0.4) is 0 Å². The second-order valence-corrected chi connectivity index (χ2v) is 8.63. The number of nitrogens with zero attached hydrogens (tertiary/aromatic N) is 2. The van der Waals surface area contributed by atoms with E-state index >= 15 is 0 Å². The molecule has 2 aliphatic rings. The molecule has 2 atom stereocenters. The van der Waals surface area contributed by atoms with Crippen LogP contribution in [-0.2, 0) is 11.2 Å². The number of aromatic amines is 1. The van der Waals surface area contributed by atoms with Gasteiger partial charge >= 0.3 is 6.03 Å². The van der Waals surface area contributed by atoms with Gasteiger partial charge in [0.2, 0.25) is 0 Å². The first-order valence-corrected chi connectivity index (χ1v) is 11.1. The summed E-state index contributed by atoms with van der Waals surface area (Å²) in [4.78, 5) is 33.9. The van der Waals surface area contributed by atoms with Crippen LogP contribution in [0.2, 0.25) is 0 Å². The van der Waals surface area contributed by atoms with Crippen LogP contribution in [0.4, 0.5) is 4.79 Å². The number of hydrogen-bond acceptors (Lipinski definition) is 4. The summed E-state index contributed by atoms with van der Waals surface area (Å²) in [5.74, 6) is 0.662. The second kappa shape index (κ2) is 7.67. The van der Waals surface area contributed by atoms with E-state index in [0.717, 1.165) is 33.5 Å². The Balaban J connectivity index is 1.71. The maximum Gasteiger partial charge on any atom is 0.328 e. The van der Waals surface area contributed by atoms with Crippen molar-refractivity contribution < 1.29 is 14.3 Å². The lowest BCUT2D eigenvalue weighted by Crippen LogP contribution is -2.53. The van der Waals surface area contributed by atoms with Gasteiger partial charge in [-0.05, 0) is 50.2 Å². The molecule has 0 radical (unpaired) electrons. The van der Waals surface area contributed by atoms with E-state index in [9.17, 15) is 9.59 Å². The zero-order valence-corrected chi connectivity index (χ0v) is 18.6. The average molecular weight is 433 g/mol. The lowest BCUT2D eigenvalue weighted by Gasteiger charge is -2.42. The first-order valence-electron chi connectivity index (χ1n) is 11.1. The van der Waals surface area contributed by atoms with Crippen LogP contribution in [0.5, 0.6) is 5.75 Å². The second-order valence-electron chi connectivity index (χ2n) is 8.63. The van der Waals surface area contributed by atoms with Gasteiger partial charge in [0.1, 0.15) is 17.3 Å². The standard InChI is InChI=1S/C25H28N4O3/c1-4-32-17-10-11-20-18(14-17)19-15-25(2)23(30)28(13-12-26-3)24(31)29(25)22(21(19)27-20)16-8-6-5-7-9-16/h5-11,14,22,26-27H,4,12-13,15H2,1-3H3/t22-,25+/m1/s1. The van der Waals surface area contributed by atoms with Gasteiger partial charge in [0.15, 0.2) is 0 Å². The summed E-state index contributed by atoms with van der Waals surface area (Å²) in [6, 6.07) is 15.3. The van der Waals surface area contributed by atoms with Gasteiger partial charge in [0, 0.05) is 36.1 Å². The number of imide groups is 1. The molecule has 0 bridgehead atoms. The number of amides is 3. The number of hydrogen-bond donors (Lipinski definition) is 2. The topological polar surface area (TPSA) is 77.7 Å². The number of carbonyl (C=O) groups is 2. The van der Waals surface area contributed by atoms with E-state index in [1.807, 2.05) is 69.4 Å². The van der Waals surface area contributed by atoms with Crippen molar-refractivity contribution in [2.75, 3.05) is 26.7 Å². The molecular weight excluding hydrogens is 404 g/mol. The maximum absolute atomic E-state index is 13.6. The molecule has 7 nitrogen and oxygen atoms in total. The first kappa shape index (κ1) is 20.6. The van der Waals surface area contributed by atoms with Crippen molar-refractivity contribution in [3.05, 3.63) is 65.4 Å². The largest absolute Gasteiger partial charge is 0.494 e. The highest BCUT2D eigenvalue weighted by molar-refractivity contribution is 6.08. The molecule has 0 spiro atoms. The van der Waals surface area contributed by atoms with Gasteiger partial charge in [0.25, 0.3) is 5.91 Å². The number of likely N-dealkylation sites (N-methyl/N-ethyl adjacent to an activating group) is 1. The number of carbonyl (C=O) groups excluding carboxylic acids is 2. The predicted molar refractivity (Wildman–Crippen MR) is 123 cm³/mol. The predicted octanol–water partition coefficient (Wildman–Crippen LogP) is 3.45. The monoisotopic (exact) mass is 432 g/mol. The molecule has 2 aromatic carbocycles. The van der Waals surface area contributed by atoms with Crippen LogP contribution >= 0.6 is 0 Å². The molecule has 7 heteroatoms. The molecule has 1 aromatic heterocycles. The minimum atomic E-state index is -0.949. The van der Waals surface area contributed by atoms with Gasteiger partial charge < -0.3 is 15.0 Å². The Hall–Kier alpha value is -3.32. The third kappa shape index (κ3) is 2.92. The van der Waals surface area contributed by atoms with Gasteiger partial charge in [-0.2, -0.15) is 0 Å². The molecule has 5 rings (SSSR count). The summed E-state index contributed by atoms with van der Waals surface area (Å²) in [5, 5.41) is 4.09. The molecular formula is C25H28N4O3. The van der Waals surface area contributed by atoms with E-state index in [1.54, 1.807) is 4.90 Å². The van der Waals surface area contributed by atoms with Crippen LogP contribution in [0, 0.1) is 0 Å². The molecule has 166 valence electrons. The quantitative estimate of drug-likeness (QED) is 0.585. The van der Waals surface area contributed by atoms with Crippen LogP contribution in [-0.4, -0.2) is 59.0 Å². The van der Waals surface area contributed by atoms with Gasteiger partial charge in [-0.1, -0.05) is 30.3 Å². The average Bonchev–Trinajstić information content (AvgIpc) is 3.24. The van der Waals surface area contributed by atoms with Crippen LogP contribution in [0.25, 0.3) is 10.9 Å². The Morgan fingerprint density at radius 3 is 2.69 bits per heavy atom. The molecule has 3 amide bonds. The van der Waals surface area contributed by atoms with E-state index in [4.69, 9.17) is 4.74 Å². The highest BCUT2D eigenvalue weighted by Crippen LogP contribution is 2.48. The van der Waals surface area contributed by atoms with Gasteiger partial charge in [0.05, 0.1) is 6.61 Å². The fourth-order valence-electron chi connectivity index (χ4n) is 5.15. The number of nitrogens with one attached hydrogen (secondary N) is 2. The Bertz CT molecular complexity index is 1190. The van der Waals surface area contributed by atoms with Crippen LogP contribution in [0.1, 0.15) is 36.7 Å². The lowest BCUT2D eigenvalue weighted by atomic mass is 9.81. The summed E-state index contributed by atoms with van der Waals surface area (Å²) in [7, 11) is 1.82. The highest BCUT2D eigenvalue weighted by Gasteiger charge is 2.59. The summed E-state index contributed by atoms with van der Waals surface area (Å²) in [6.07, 6.45) is 0.460. The number of fused-ring (bicyclic) bond motifs is 4. The van der Waals surface area contributed by atoms with E-state index in [1.165, 1.54) is 4.90 Å². The normalized spacial score (nSPS) is 22.4. The lowest BCUT2D eigenvalue weighted by molar-refractivity contribution is -0.133. The summed E-state index contributed by atoms with van der Waals surface area (Å²) in [6.45, 7) is 5.36. The minimum absolute atomic E-state index is 0.139. The van der Waals surface area contributed by atoms with Gasteiger partial charge in [-0.15, -0.1) is 0 Å². The third-order valence-electron chi connectivity index (χ3n) is 6.65. The maximum atomic E-state index is 13.6. The SMILES string of the molecule is CCOc1ccc2[nH]c3c(c2c1)C[C@@]1(C)C(=O)N(CCNC)C(=O)N1[C@@H]3c1ccccc1. The first-order chi connectivity index (χ1) is 15.5. The Kier molecular flexibility index (Phi) is 4.93. The van der Waals surface area contributed by atoms with Crippen LogP contribution in [0.15, 0.2) is 48.5 Å². The number of rotatable bonds is 6. The fourth-order valence-corrected chi connectivity index (χ4v) is 5.15. The highest BCUT2D eigenvalue weighted by atomic mass is 16.5. The smallest absolute Gasteiger partial charge is 0.328 e. The molecule has 2 aliphatic heterocycles. The molecule has 32 heavy (non-hydrogen) atoms. The third-order valence-corrected chi connectivity index (χ3v) is 6.65. The zero-order chi connectivity index (χ0) is 22.5. The van der Waals surface area contributed by atoms with E-state index in [2.05, 4.69) is 10.3 Å². The summed E-state index contributed by atoms with van der Waals surface area (Å²) >= 11 is 0. The molecule has 0 unspecified atom stereocenters. The summed E-state index contributed by atoms with van der Waals surface area (Å²) in [5.41, 5.74) is 3.05. The molecule has 3 heterocycles. The molecule has 1 saturated heterocycles. The van der Waals surface area contributed by atoms with E-state index in [-0.39, 0.29) is 18.0 Å². The van der Waals surface area contributed by atoms with Crippen molar-refractivity contribution in [1.29, 1.82) is 0 Å². The van der Waals surface area contributed by atoms with Gasteiger partial charge in [-0.25, -0.2) is 4.79 Å². The van der Waals surface area contributed by atoms with Crippen molar-refractivity contribution in [1.82, 2.24) is 20.1 Å². The Morgan fingerprint density at radius 2 is 1.97 bits per heavy atom. The number of urea groups is 1. The zero-order valence-electron chi connectivity index (χ0n) is 18.6. The van der Waals surface area contributed by atoms with Crippen molar-refractivity contribution in [2.45, 2.75) is 31.8 Å². The molecule has 1 fully saturated rings. The van der Waals surface area contributed by atoms with E-state index in [0.29, 0.717) is 26.1 Å². The van der Waals surface area contributed by atoms with Crippen molar-refractivity contribution in [3.8, 4) is 5.75 Å². The van der Waals surface area contributed by atoms with E-state index < -0.39 is 5.54 Å². The summed E-state index contributed by atoms with van der Waals surface area (Å²) < 4.78 is 5.74. The van der Waals surface area contributed by atoms with Crippen LogP contribution < -0.4 is 10.1 Å². The number of ether oxygens (including phenoxy) is 1. The number of benzene rings is 2. The Morgan fingerprint density at radius 1 is 1.19 bits per heavy atom. The van der Waals surface area contributed by atoms with Gasteiger partial charge in [-0.3, -0.25) is 14.6 Å². The molecule has 3 aromatic rings. The fraction of sp³-hybridized carbons (Fsp3) is 0.360. The van der Waals surface area contributed by atoms with Crippen molar-refractivity contribution in [2.24, 2.45) is 0 Å². The molecule has 0 saturated carbocycles. The molecule has 2 N–H and O–H groups in total. The van der Waals surface area contributed by atoms with Crippen molar-refractivity contribution >= 4 is 22.8 Å². The number of H-pyrrole nitrogens is 1. The minimum Gasteiger partial charge on any atom is -0.494 e. The Labute approximate surface area is 187 Å². The molecule has 0 aliphatic carbocycles. The van der Waals surface area contributed by atoms with Crippen molar-refractivity contribution in [3.63, 3.8) is 0 Å². The number of aromatic nitrogens is 1.